The van der Waals surface area contributed by atoms with Crippen molar-refractivity contribution in [2.24, 2.45) is 5.92 Å². The number of hydrogen-bond acceptors (Lipinski definition) is 4. The molecule has 3 rings (SSSR count). The lowest BCUT2D eigenvalue weighted by Gasteiger charge is -2.32. The molecular formula is C12H13Cl2N5. The molecule has 2 N–H and O–H groups in total. The van der Waals surface area contributed by atoms with E-state index in [0.717, 1.165) is 24.3 Å². The molecule has 100 valence electrons. The highest BCUT2D eigenvalue weighted by Gasteiger charge is 2.30. The van der Waals surface area contributed by atoms with E-state index in [9.17, 15) is 0 Å². The van der Waals surface area contributed by atoms with Gasteiger partial charge in [-0.25, -0.2) is 4.68 Å². The summed E-state index contributed by atoms with van der Waals surface area (Å²) >= 11 is 12.0. The van der Waals surface area contributed by atoms with Gasteiger partial charge in [0.05, 0.1) is 21.8 Å². The van der Waals surface area contributed by atoms with Gasteiger partial charge >= 0.3 is 0 Å². The lowest BCUT2D eigenvalue weighted by atomic mass is 9.82. The molecule has 0 bridgehead atoms. The van der Waals surface area contributed by atoms with Crippen LogP contribution in [0, 0.1) is 5.92 Å². The van der Waals surface area contributed by atoms with Gasteiger partial charge in [0.15, 0.2) is 5.82 Å². The van der Waals surface area contributed by atoms with Gasteiger partial charge in [-0.1, -0.05) is 30.1 Å². The fourth-order valence-corrected chi connectivity index (χ4v) is 2.76. The number of nitrogens with zero attached hydrogens (tertiary/aromatic N) is 4. The number of hydrogen-bond donors (Lipinski definition) is 1. The Morgan fingerprint density at radius 1 is 1.32 bits per heavy atom. The predicted molar refractivity (Wildman–Crippen MR) is 75.1 cm³/mol. The molecule has 7 heteroatoms. The molecule has 1 aliphatic carbocycles. The van der Waals surface area contributed by atoms with E-state index in [1.54, 1.807) is 12.1 Å². The van der Waals surface area contributed by atoms with Crippen LogP contribution in [-0.4, -0.2) is 20.2 Å². The van der Waals surface area contributed by atoms with Crippen molar-refractivity contribution in [3.63, 3.8) is 0 Å². The van der Waals surface area contributed by atoms with Crippen molar-refractivity contribution in [1.29, 1.82) is 0 Å². The third kappa shape index (κ3) is 2.17. The summed E-state index contributed by atoms with van der Waals surface area (Å²) in [4.78, 5) is 0. The van der Waals surface area contributed by atoms with E-state index in [1.807, 2.05) is 4.68 Å². The van der Waals surface area contributed by atoms with Crippen LogP contribution in [0.15, 0.2) is 12.1 Å². The van der Waals surface area contributed by atoms with Gasteiger partial charge in [-0.15, -0.1) is 5.10 Å². The third-order valence-corrected chi connectivity index (χ3v) is 4.32. The molecule has 0 amide bonds. The summed E-state index contributed by atoms with van der Waals surface area (Å²) < 4.78 is 1.85. The average Bonchev–Trinajstić information content (AvgIpc) is 2.80. The molecule has 1 aromatic carbocycles. The van der Waals surface area contributed by atoms with Crippen LogP contribution >= 0.6 is 23.2 Å². The minimum Gasteiger partial charge on any atom is -0.397 e. The Hall–Kier alpha value is -1.33. The van der Waals surface area contributed by atoms with Crippen LogP contribution in [0.4, 0.5) is 5.69 Å². The minimum atomic E-state index is 0.357. The Balaban J connectivity index is 2.01. The van der Waals surface area contributed by atoms with Crippen LogP contribution in [0.3, 0.4) is 0 Å². The van der Waals surface area contributed by atoms with Gasteiger partial charge in [-0.05, 0) is 41.3 Å². The van der Waals surface area contributed by atoms with Gasteiger partial charge in [0, 0.05) is 5.56 Å². The Labute approximate surface area is 120 Å². The number of aromatic nitrogens is 4. The number of nitrogen functional groups attached to an aromatic ring is 1. The number of halogens is 2. The van der Waals surface area contributed by atoms with Crippen LogP contribution in [0.2, 0.25) is 10.0 Å². The van der Waals surface area contributed by atoms with Crippen molar-refractivity contribution in [2.45, 2.75) is 25.8 Å². The molecule has 1 saturated carbocycles. The van der Waals surface area contributed by atoms with E-state index < -0.39 is 0 Å². The predicted octanol–water partition coefficient (Wildman–Crippen LogP) is 3.20. The Kier molecular flexibility index (Phi) is 3.11. The summed E-state index contributed by atoms with van der Waals surface area (Å²) in [7, 11) is 0. The van der Waals surface area contributed by atoms with Crippen LogP contribution in [0.25, 0.3) is 11.4 Å². The fourth-order valence-electron chi connectivity index (χ4n) is 2.43. The van der Waals surface area contributed by atoms with Crippen molar-refractivity contribution < 1.29 is 0 Å². The van der Waals surface area contributed by atoms with E-state index in [0.29, 0.717) is 27.6 Å². The molecule has 1 fully saturated rings. The number of nitrogens with two attached hydrogens (primary N) is 1. The molecule has 1 heterocycles. The summed E-state index contributed by atoms with van der Waals surface area (Å²) in [5.74, 6) is 1.41. The van der Waals surface area contributed by atoms with Crippen LogP contribution in [0.5, 0.6) is 0 Å². The zero-order valence-corrected chi connectivity index (χ0v) is 11.9. The SMILES string of the molecule is CC1CC(n2nnnc2-c2cc(N)c(Cl)c(Cl)c2)C1. The van der Waals surface area contributed by atoms with E-state index >= 15 is 0 Å². The first kappa shape index (κ1) is 12.7. The zero-order valence-electron chi connectivity index (χ0n) is 10.3. The first-order chi connectivity index (χ1) is 9.06. The molecule has 5 nitrogen and oxygen atoms in total. The molecule has 2 aromatic rings. The molecule has 1 aliphatic rings. The van der Waals surface area contributed by atoms with Crippen LogP contribution in [-0.2, 0) is 0 Å². The molecule has 0 unspecified atom stereocenters. The lowest BCUT2D eigenvalue weighted by Crippen LogP contribution is -2.26. The molecule has 0 radical (unpaired) electrons. The largest absolute Gasteiger partial charge is 0.397 e. The van der Waals surface area contributed by atoms with Gasteiger partial charge in [0.1, 0.15) is 0 Å². The molecule has 0 spiro atoms. The molecule has 0 aliphatic heterocycles. The first-order valence-electron chi connectivity index (χ1n) is 6.09. The number of rotatable bonds is 2. The maximum atomic E-state index is 6.05. The highest BCUT2D eigenvalue weighted by molar-refractivity contribution is 6.43. The van der Waals surface area contributed by atoms with E-state index in [2.05, 4.69) is 22.4 Å². The van der Waals surface area contributed by atoms with Gasteiger partial charge < -0.3 is 5.73 Å². The van der Waals surface area contributed by atoms with Crippen molar-refractivity contribution >= 4 is 28.9 Å². The Bertz CT molecular complexity index is 595. The second-order valence-electron chi connectivity index (χ2n) is 5.04. The highest BCUT2D eigenvalue weighted by atomic mass is 35.5. The summed E-state index contributed by atoms with van der Waals surface area (Å²) in [6.45, 7) is 2.22. The van der Waals surface area contributed by atoms with Gasteiger partial charge in [0.25, 0.3) is 0 Å². The summed E-state index contributed by atoms with van der Waals surface area (Å²) in [6, 6.07) is 3.85. The van der Waals surface area contributed by atoms with Gasteiger partial charge in [-0.3, -0.25) is 0 Å². The highest BCUT2D eigenvalue weighted by Crippen LogP contribution is 2.39. The third-order valence-electron chi connectivity index (χ3n) is 3.50. The summed E-state index contributed by atoms with van der Waals surface area (Å²) in [5.41, 5.74) is 7.05. The summed E-state index contributed by atoms with van der Waals surface area (Å²) in [5, 5.41) is 12.7. The van der Waals surface area contributed by atoms with E-state index in [-0.39, 0.29) is 0 Å². The molecular weight excluding hydrogens is 285 g/mol. The maximum Gasteiger partial charge on any atom is 0.182 e. The monoisotopic (exact) mass is 297 g/mol. The minimum absolute atomic E-state index is 0.357. The fraction of sp³-hybridized carbons (Fsp3) is 0.417. The standard InChI is InChI=1S/C12H13Cl2N5/c1-6-2-8(3-6)19-12(16-17-18-19)7-4-9(13)11(14)10(15)5-7/h4-6,8H,2-3,15H2,1H3. The molecule has 0 saturated heterocycles. The maximum absolute atomic E-state index is 6.05. The number of benzene rings is 1. The van der Waals surface area contributed by atoms with E-state index in [4.69, 9.17) is 28.9 Å². The zero-order chi connectivity index (χ0) is 13.6. The number of anilines is 1. The molecule has 1 aromatic heterocycles. The van der Waals surface area contributed by atoms with Gasteiger partial charge in [0.2, 0.25) is 0 Å². The molecule has 19 heavy (non-hydrogen) atoms. The first-order valence-corrected chi connectivity index (χ1v) is 6.84. The lowest BCUT2D eigenvalue weighted by molar-refractivity contribution is 0.199. The van der Waals surface area contributed by atoms with Crippen molar-refractivity contribution in [3.05, 3.63) is 22.2 Å². The molecule has 0 atom stereocenters. The van der Waals surface area contributed by atoms with Crippen LogP contribution in [0.1, 0.15) is 25.8 Å². The Morgan fingerprint density at radius 3 is 2.68 bits per heavy atom. The smallest absolute Gasteiger partial charge is 0.182 e. The average molecular weight is 298 g/mol. The van der Waals surface area contributed by atoms with Crippen LogP contribution < -0.4 is 5.73 Å². The van der Waals surface area contributed by atoms with Crippen molar-refractivity contribution in [1.82, 2.24) is 20.2 Å². The quantitative estimate of drug-likeness (QED) is 0.864. The normalized spacial score (nSPS) is 22.3. The Morgan fingerprint density at radius 2 is 2.05 bits per heavy atom. The van der Waals surface area contributed by atoms with E-state index in [1.165, 1.54) is 0 Å². The second-order valence-corrected chi connectivity index (χ2v) is 5.82. The van der Waals surface area contributed by atoms with Gasteiger partial charge in [-0.2, -0.15) is 0 Å². The second kappa shape index (κ2) is 4.65. The topological polar surface area (TPSA) is 69.6 Å². The van der Waals surface area contributed by atoms with Crippen molar-refractivity contribution in [2.75, 3.05) is 5.73 Å². The number of tetrazole rings is 1. The van der Waals surface area contributed by atoms with Crippen molar-refractivity contribution in [3.8, 4) is 11.4 Å². The summed E-state index contributed by atoms with van der Waals surface area (Å²) in [6.07, 6.45) is 2.18.